The average Bonchev–Trinajstić information content (AvgIpc) is 3.01. The van der Waals surface area contributed by atoms with Gasteiger partial charge in [-0.2, -0.15) is 13.2 Å². The molecule has 144 valence electrons. The van der Waals surface area contributed by atoms with Crippen LogP contribution in [0.1, 0.15) is 40.6 Å². The van der Waals surface area contributed by atoms with Gasteiger partial charge in [0.05, 0.1) is 5.56 Å². The molecule has 2 atom stereocenters. The van der Waals surface area contributed by atoms with Gasteiger partial charge in [-0.3, -0.25) is 4.90 Å². The summed E-state index contributed by atoms with van der Waals surface area (Å²) in [6, 6.07) is 10.4. The highest BCUT2D eigenvalue weighted by Gasteiger charge is 2.39. The van der Waals surface area contributed by atoms with Crippen molar-refractivity contribution < 1.29 is 17.6 Å². The predicted molar refractivity (Wildman–Crippen MR) is 96.1 cm³/mol. The lowest BCUT2D eigenvalue weighted by molar-refractivity contribution is -0.137. The van der Waals surface area contributed by atoms with Gasteiger partial charge in [-0.25, -0.2) is 4.39 Å². The van der Waals surface area contributed by atoms with E-state index in [4.69, 9.17) is 0 Å². The Morgan fingerprint density at radius 2 is 1.56 bits per heavy atom. The van der Waals surface area contributed by atoms with E-state index >= 15 is 0 Å². The molecule has 6 heteroatoms. The topological polar surface area (TPSA) is 6.48 Å². The highest BCUT2D eigenvalue weighted by Crippen LogP contribution is 2.48. The molecule has 1 saturated heterocycles. The number of rotatable bonds is 2. The van der Waals surface area contributed by atoms with Crippen LogP contribution in [0.15, 0.2) is 42.5 Å². The largest absolute Gasteiger partial charge is 0.416 e. The van der Waals surface area contributed by atoms with Gasteiger partial charge < -0.3 is 4.90 Å². The summed E-state index contributed by atoms with van der Waals surface area (Å²) in [6.07, 6.45) is -3.62. The van der Waals surface area contributed by atoms with Crippen LogP contribution in [0.2, 0.25) is 0 Å². The minimum Gasteiger partial charge on any atom is -0.304 e. The zero-order valence-corrected chi connectivity index (χ0v) is 15.1. The maximum absolute atomic E-state index is 13.3. The summed E-state index contributed by atoms with van der Waals surface area (Å²) in [7, 11) is 2.06. The summed E-state index contributed by atoms with van der Waals surface area (Å²) in [6.45, 7) is 3.50. The first-order valence-corrected chi connectivity index (χ1v) is 9.22. The van der Waals surface area contributed by atoms with Crippen LogP contribution in [0.25, 0.3) is 0 Å². The fraction of sp³-hybridized carbons (Fsp3) is 0.429. The summed E-state index contributed by atoms with van der Waals surface area (Å²) in [4.78, 5) is 4.53. The van der Waals surface area contributed by atoms with Crippen molar-refractivity contribution in [3.63, 3.8) is 0 Å². The standard InChI is InChI=1S/C21H22F4N2/c1-26-8-10-27(11-9-26)20-13-18(14-2-5-16(22)6-3-14)17-7-4-15(12-19(17)20)21(23,24)25/h2-7,12,18,20H,8-11,13H2,1H3/t18-,20+/m1/s1. The normalized spacial score (nSPS) is 24.2. The van der Waals surface area contributed by atoms with Gasteiger partial charge in [0.2, 0.25) is 0 Å². The Morgan fingerprint density at radius 1 is 0.889 bits per heavy atom. The summed E-state index contributed by atoms with van der Waals surface area (Å²) < 4.78 is 53.2. The lowest BCUT2D eigenvalue weighted by Gasteiger charge is -2.37. The first-order valence-electron chi connectivity index (χ1n) is 9.22. The second-order valence-electron chi connectivity index (χ2n) is 7.54. The zero-order chi connectivity index (χ0) is 19.2. The van der Waals surface area contributed by atoms with Crippen LogP contribution >= 0.6 is 0 Å². The first-order chi connectivity index (χ1) is 12.8. The molecular formula is C21H22F4N2. The maximum atomic E-state index is 13.3. The third-order valence-electron chi connectivity index (χ3n) is 5.86. The van der Waals surface area contributed by atoms with Crippen molar-refractivity contribution in [2.75, 3.05) is 33.2 Å². The van der Waals surface area contributed by atoms with Crippen molar-refractivity contribution >= 4 is 0 Å². The molecule has 2 aliphatic rings. The van der Waals surface area contributed by atoms with E-state index < -0.39 is 11.7 Å². The number of halogens is 4. The quantitative estimate of drug-likeness (QED) is 0.701. The van der Waals surface area contributed by atoms with E-state index in [1.54, 1.807) is 18.2 Å². The fourth-order valence-electron chi connectivity index (χ4n) is 4.32. The molecule has 1 heterocycles. The van der Waals surface area contributed by atoms with E-state index in [1.165, 1.54) is 24.3 Å². The number of hydrogen-bond donors (Lipinski definition) is 0. The molecule has 0 amide bonds. The van der Waals surface area contributed by atoms with Crippen LogP contribution < -0.4 is 0 Å². The molecule has 2 nitrogen and oxygen atoms in total. The Labute approximate surface area is 156 Å². The van der Waals surface area contributed by atoms with Gasteiger partial charge in [-0.15, -0.1) is 0 Å². The smallest absolute Gasteiger partial charge is 0.304 e. The van der Waals surface area contributed by atoms with Crippen LogP contribution in [-0.4, -0.2) is 43.0 Å². The van der Waals surface area contributed by atoms with Crippen molar-refractivity contribution in [1.29, 1.82) is 0 Å². The van der Waals surface area contributed by atoms with Gasteiger partial charge in [0.25, 0.3) is 0 Å². The van der Waals surface area contributed by atoms with Crippen molar-refractivity contribution in [2.45, 2.75) is 24.6 Å². The molecular weight excluding hydrogens is 356 g/mol. The van der Waals surface area contributed by atoms with Crippen LogP contribution in [0.3, 0.4) is 0 Å². The highest BCUT2D eigenvalue weighted by molar-refractivity contribution is 5.47. The average molecular weight is 378 g/mol. The maximum Gasteiger partial charge on any atom is 0.416 e. The Balaban J connectivity index is 1.73. The minimum absolute atomic E-state index is 0.00691. The number of piperazine rings is 1. The van der Waals surface area contributed by atoms with E-state index in [0.717, 1.165) is 49.3 Å². The molecule has 4 rings (SSSR count). The van der Waals surface area contributed by atoms with Crippen LogP contribution in [0, 0.1) is 5.82 Å². The van der Waals surface area contributed by atoms with Crippen LogP contribution in [-0.2, 0) is 6.18 Å². The van der Waals surface area contributed by atoms with E-state index in [0.29, 0.717) is 0 Å². The molecule has 1 fully saturated rings. The highest BCUT2D eigenvalue weighted by atomic mass is 19.4. The van der Waals surface area contributed by atoms with Crippen molar-refractivity contribution in [2.24, 2.45) is 0 Å². The summed E-state index contributed by atoms with van der Waals surface area (Å²) in [5.74, 6) is -0.312. The molecule has 2 aromatic rings. The van der Waals surface area contributed by atoms with E-state index in [-0.39, 0.29) is 17.8 Å². The Morgan fingerprint density at radius 3 is 2.19 bits per heavy atom. The van der Waals surface area contributed by atoms with Crippen molar-refractivity contribution in [3.8, 4) is 0 Å². The molecule has 0 radical (unpaired) electrons. The van der Waals surface area contributed by atoms with Crippen molar-refractivity contribution in [3.05, 3.63) is 70.5 Å². The van der Waals surface area contributed by atoms with Gasteiger partial charge in [-0.1, -0.05) is 18.2 Å². The molecule has 0 aromatic heterocycles. The van der Waals surface area contributed by atoms with Gasteiger partial charge in [0.15, 0.2) is 0 Å². The Kier molecular flexibility index (Phi) is 4.72. The fourth-order valence-corrected chi connectivity index (χ4v) is 4.32. The minimum atomic E-state index is -4.35. The Hall–Kier alpha value is -1.92. The van der Waals surface area contributed by atoms with Crippen LogP contribution in [0.5, 0.6) is 0 Å². The summed E-state index contributed by atoms with van der Waals surface area (Å²) >= 11 is 0. The number of benzene rings is 2. The molecule has 1 aliphatic carbocycles. The number of nitrogens with zero attached hydrogens (tertiary/aromatic N) is 2. The number of fused-ring (bicyclic) bond motifs is 1. The molecule has 0 unspecified atom stereocenters. The van der Waals surface area contributed by atoms with E-state index in [9.17, 15) is 17.6 Å². The zero-order valence-electron chi connectivity index (χ0n) is 15.1. The molecule has 0 spiro atoms. The molecule has 0 saturated carbocycles. The molecule has 2 aromatic carbocycles. The monoisotopic (exact) mass is 378 g/mol. The number of hydrogen-bond acceptors (Lipinski definition) is 2. The molecule has 0 bridgehead atoms. The number of likely N-dealkylation sites (N-methyl/N-ethyl adjacent to an activating group) is 1. The third kappa shape index (κ3) is 3.60. The second kappa shape index (κ2) is 6.91. The van der Waals surface area contributed by atoms with Gasteiger partial charge in [0.1, 0.15) is 5.82 Å². The molecule has 1 aliphatic heterocycles. The number of alkyl halides is 3. The van der Waals surface area contributed by atoms with Crippen molar-refractivity contribution in [1.82, 2.24) is 9.80 Å². The predicted octanol–water partition coefficient (Wildman–Crippen LogP) is 4.67. The lowest BCUT2D eigenvalue weighted by atomic mass is 9.92. The lowest BCUT2D eigenvalue weighted by Crippen LogP contribution is -2.45. The van der Waals surface area contributed by atoms with Gasteiger partial charge in [-0.05, 0) is 54.4 Å². The van der Waals surface area contributed by atoms with E-state index in [2.05, 4.69) is 16.8 Å². The molecule has 27 heavy (non-hydrogen) atoms. The van der Waals surface area contributed by atoms with Gasteiger partial charge in [0, 0.05) is 38.1 Å². The molecule has 0 N–H and O–H groups in total. The first kappa shape index (κ1) is 18.4. The SMILES string of the molecule is CN1CCN([C@H]2C[C@H](c3ccc(F)cc3)c3ccc(C(F)(F)F)cc32)CC1. The van der Waals surface area contributed by atoms with E-state index in [1.807, 2.05) is 0 Å². The summed E-state index contributed by atoms with van der Waals surface area (Å²) in [5, 5.41) is 0. The second-order valence-corrected chi connectivity index (χ2v) is 7.54. The van der Waals surface area contributed by atoms with Gasteiger partial charge >= 0.3 is 6.18 Å². The van der Waals surface area contributed by atoms with Crippen LogP contribution in [0.4, 0.5) is 17.6 Å². The Bertz CT molecular complexity index is 808. The third-order valence-corrected chi connectivity index (χ3v) is 5.86. The summed E-state index contributed by atoms with van der Waals surface area (Å²) in [5.41, 5.74) is 2.05.